The molecule has 27 heavy (non-hydrogen) atoms. The Bertz CT molecular complexity index is 841. The molecular formula is C21H23FN3O2-. The molecule has 0 atom stereocenters. The van der Waals surface area contributed by atoms with E-state index in [9.17, 15) is 14.3 Å². The van der Waals surface area contributed by atoms with Crippen molar-refractivity contribution in [1.29, 1.82) is 0 Å². The molecule has 1 aliphatic rings. The van der Waals surface area contributed by atoms with Crippen molar-refractivity contribution in [2.45, 2.75) is 25.7 Å². The summed E-state index contributed by atoms with van der Waals surface area (Å²) in [6, 6.07) is 14.6. The summed E-state index contributed by atoms with van der Waals surface area (Å²) in [5.74, 6) is -0.624. The van der Waals surface area contributed by atoms with E-state index in [0.717, 1.165) is 17.2 Å². The molecule has 0 spiro atoms. The first-order valence-electron chi connectivity index (χ1n) is 8.95. The number of primary amides is 1. The summed E-state index contributed by atoms with van der Waals surface area (Å²) in [6.07, 6.45) is 2.82. The van der Waals surface area contributed by atoms with Gasteiger partial charge >= 0.3 is 0 Å². The van der Waals surface area contributed by atoms with Gasteiger partial charge in [0.05, 0.1) is 0 Å². The van der Waals surface area contributed by atoms with E-state index >= 15 is 0 Å². The first-order chi connectivity index (χ1) is 12.9. The first-order valence-corrected chi connectivity index (χ1v) is 8.95. The predicted octanol–water partition coefficient (Wildman–Crippen LogP) is 4.26. The van der Waals surface area contributed by atoms with Crippen LogP contribution in [0.2, 0.25) is 0 Å². The fourth-order valence-electron chi connectivity index (χ4n) is 3.30. The molecule has 0 aromatic heterocycles. The Labute approximate surface area is 158 Å². The molecule has 1 aliphatic carbocycles. The zero-order valence-electron chi connectivity index (χ0n) is 15.2. The number of aliphatic hydroxyl groups excluding tert-OH is 1. The molecule has 0 bridgehead atoms. The van der Waals surface area contributed by atoms with Crippen LogP contribution < -0.4 is 5.73 Å². The lowest BCUT2D eigenvalue weighted by Gasteiger charge is -2.38. The van der Waals surface area contributed by atoms with Gasteiger partial charge in [0.2, 0.25) is 5.91 Å². The number of aliphatic hydroxyl groups is 1. The molecule has 0 unspecified atom stereocenters. The average molecular weight is 368 g/mol. The number of halogens is 1. The Kier molecular flexibility index (Phi) is 5.64. The second-order valence-electron chi connectivity index (χ2n) is 6.77. The van der Waals surface area contributed by atoms with Crippen LogP contribution in [0.4, 0.5) is 10.1 Å². The molecule has 0 aliphatic heterocycles. The minimum Gasteiger partial charge on any atom is -0.564 e. The predicted molar refractivity (Wildman–Crippen MR) is 103 cm³/mol. The summed E-state index contributed by atoms with van der Waals surface area (Å²) in [7, 11) is 1.76. The molecule has 0 radical (unpaired) electrons. The number of benzene rings is 2. The monoisotopic (exact) mass is 368 g/mol. The summed E-state index contributed by atoms with van der Waals surface area (Å²) in [6.45, 7) is 0. The molecule has 5 nitrogen and oxygen atoms in total. The molecule has 3 N–H and O–H groups in total. The minimum absolute atomic E-state index is 0.0865. The number of amidine groups is 1. The molecule has 2 aromatic carbocycles. The fourth-order valence-corrected chi connectivity index (χ4v) is 3.30. The SMILES string of the molecule is C[N+](=C(O)[N-]c1ccc(-c2cccc(F)c2)cc1)[C-]1CCC(C(N)=O)CC1. The molecule has 1 amide bonds. The Balaban J connectivity index is 1.65. The zero-order valence-corrected chi connectivity index (χ0v) is 15.2. The van der Waals surface area contributed by atoms with E-state index in [4.69, 9.17) is 5.73 Å². The van der Waals surface area contributed by atoms with Gasteiger partial charge in [0.1, 0.15) is 11.8 Å². The van der Waals surface area contributed by atoms with Crippen LogP contribution in [-0.2, 0) is 4.79 Å². The van der Waals surface area contributed by atoms with Gasteiger partial charge in [0.25, 0.3) is 0 Å². The van der Waals surface area contributed by atoms with Crippen molar-refractivity contribution in [1.82, 2.24) is 0 Å². The van der Waals surface area contributed by atoms with Gasteiger partial charge in [0, 0.05) is 11.6 Å². The summed E-state index contributed by atoms with van der Waals surface area (Å²) < 4.78 is 15.0. The van der Waals surface area contributed by atoms with E-state index in [-0.39, 0.29) is 23.7 Å². The van der Waals surface area contributed by atoms with Crippen LogP contribution in [0.3, 0.4) is 0 Å². The highest BCUT2D eigenvalue weighted by atomic mass is 19.1. The third-order valence-electron chi connectivity index (χ3n) is 4.99. The van der Waals surface area contributed by atoms with Gasteiger partial charge in [0.15, 0.2) is 0 Å². The number of carbonyl (C=O) groups excluding carboxylic acids is 1. The number of carbonyl (C=O) groups is 1. The smallest absolute Gasteiger partial charge is 0.220 e. The number of rotatable bonds is 4. The topological polar surface area (TPSA) is 80.4 Å². The summed E-state index contributed by atoms with van der Waals surface area (Å²) in [5.41, 5.74) is 7.62. The van der Waals surface area contributed by atoms with Crippen molar-refractivity contribution in [2.24, 2.45) is 11.7 Å². The van der Waals surface area contributed by atoms with Crippen LogP contribution in [0.25, 0.3) is 16.4 Å². The summed E-state index contributed by atoms with van der Waals surface area (Å²) in [5, 5.41) is 14.6. The number of hydrogen-bond acceptors (Lipinski definition) is 1. The number of nitrogens with zero attached hydrogens (tertiary/aromatic N) is 2. The Morgan fingerprint density at radius 2 is 1.85 bits per heavy atom. The molecular weight excluding hydrogens is 345 g/mol. The fraction of sp³-hybridized carbons (Fsp3) is 0.286. The highest BCUT2D eigenvalue weighted by molar-refractivity contribution is 5.90. The molecule has 1 fully saturated rings. The van der Waals surface area contributed by atoms with E-state index in [1.807, 2.05) is 18.2 Å². The lowest BCUT2D eigenvalue weighted by Crippen LogP contribution is -2.31. The van der Waals surface area contributed by atoms with Crippen LogP contribution in [0.5, 0.6) is 0 Å². The van der Waals surface area contributed by atoms with Crippen molar-refractivity contribution in [2.75, 3.05) is 7.05 Å². The van der Waals surface area contributed by atoms with Gasteiger partial charge in [-0.05, 0) is 42.4 Å². The molecule has 142 valence electrons. The molecule has 1 saturated carbocycles. The van der Waals surface area contributed by atoms with Gasteiger partial charge in [-0.2, -0.15) is 0 Å². The lowest BCUT2D eigenvalue weighted by atomic mass is 9.85. The van der Waals surface area contributed by atoms with Gasteiger partial charge in [-0.3, -0.25) is 10.1 Å². The van der Waals surface area contributed by atoms with Gasteiger partial charge in [-0.1, -0.05) is 49.9 Å². The summed E-state index contributed by atoms with van der Waals surface area (Å²) >= 11 is 0. The first kappa shape index (κ1) is 18.8. The zero-order chi connectivity index (χ0) is 19.4. The Morgan fingerprint density at radius 3 is 2.44 bits per heavy atom. The van der Waals surface area contributed by atoms with Crippen LogP contribution in [-0.4, -0.2) is 28.7 Å². The largest absolute Gasteiger partial charge is 0.564 e. The van der Waals surface area contributed by atoms with Crippen molar-refractivity contribution >= 4 is 17.6 Å². The van der Waals surface area contributed by atoms with Crippen molar-refractivity contribution in [3.8, 4) is 11.1 Å². The van der Waals surface area contributed by atoms with Gasteiger partial charge in [-0.25, -0.2) is 4.39 Å². The maximum absolute atomic E-state index is 13.3. The molecule has 0 heterocycles. The normalized spacial score (nSPS) is 16.0. The Hall–Kier alpha value is -3.02. The third-order valence-corrected chi connectivity index (χ3v) is 4.99. The number of hydrogen-bond donors (Lipinski definition) is 2. The van der Waals surface area contributed by atoms with Crippen molar-refractivity contribution in [3.63, 3.8) is 0 Å². The van der Waals surface area contributed by atoms with E-state index in [2.05, 4.69) is 5.32 Å². The number of nitrogens with two attached hydrogens (primary N) is 1. The van der Waals surface area contributed by atoms with E-state index < -0.39 is 0 Å². The minimum atomic E-state index is -0.281. The highest BCUT2D eigenvalue weighted by Crippen LogP contribution is 2.31. The van der Waals surface area contributed by atoms with E-state index in [1.165, 1.54) is 12.1 Å². The van der Waals surface area contributed by atoms with Crippen LogP contribution in [0, 0.1) is 17.8 Å². The second kappa shape index (κ2) is 8.12. The van der Waals surface area contributed by atoms with Crippen LogP contribution in [0.1, 0.15) is 25.7 Å². The quantitative estimate of drug-likeness (QED) is 0.366. The van der Waals surface area contributed by atoms with E-state index in [1.54, 1.807) is 29.8 Å². The standard InChI is InChI=1S/C21H23FN3O2/c1-25(19-11-7-15(8-12-19)20(23)26)21(27)24-18-9-5-14(6-10-18)16-3-2-4-17(22)13-16/h2-6,9-10,13,15,27H,7-8,11-12H2,1H3,(H2,23,26)/q-1. The highest BCUT2D eigenvalue weighted by Gasteiger charge is 2.21. The Morgan fingerprint density at radius 1 is 1.19 bits per heavy atom. The second-order valence-corrected chi connectivity index (χ2v) is 6.77. The maximum Gasteiger partial charge on any atom is 0.220 e. The van der Waals surface area contributed by atoms with Gasteiger partial charge < -0.3 is 15.4 Å². The molecule has 0 saturated heterocycles. The third kappa shape index (κ3) is 4.58. The lowest BCUT2D eigenvalue weighted by molar-refractivity contribution is -0.496. The summed E-state index contributed by atoms with van der Waals surface area (Å²) in [4.78, 5) is 11.3. The van der Waals surface area contributed by atoms with E-state index in [0.29, 0.717) is 31.4 Å². The average Bonchev–Trinajstić information content (AvgIpc) is 2.68. The maximum atomic E-state index is 13.3. The van der Waals surface area contributed by atoms with Crippen LogP contribution in [0.15, 0.2) is 48.5 Å². The molecule has 2 aromatic rings. The number of amides is 1. The van der Waals surface area contributed by atoms with Gasteiger partial charge in [-0.15, -0.1) is 6.04 Å². The van der Waals surface area contributed by atoms with Crippen molar-refractivity contribution < 1.29 is 18.9 Å². The van der Waals surface area contributed by atoms with Crippen molar-refractivity contribution in [3.05, 3.63) is 65.7 Å². The molecule has 6 heteroatoms. The molecule has 3 rings (SSSR count). The van der Waals surface area contributed by atoms with Crippen LogP contribution >= 0.6 is 0 Å².